The van der Waals surface area contributed by atoms with Gasteiger partial charge < -0.3 is 5.32 Å². The van der Waals surface area contributed by atoms with Gasteiger partial charge in [-0.15, -0.1) is 0 Å². The molecule has 0 unspecified atom stereocenters. The van der Waals surface area contributed by atoms with Crippen molar-refractivity contribution in [2.24, 2.45) is 0 Å². The maximum absolute atomic E-state index is 12.4. The van der Waals surface area contributed by atoms with E-state index in [0.29, 0.717) is 12.1 Å². The number of sulfonamides is 1. The number of halogens is 1. The summed E-state index contributed by atoms with van der Waals surface area (Å²) >= 11 is 3.29. The van der Waals surface area contributed by atoms with E-state index in [1.165, 1.54) is 23.3 Å². The molecule has 7 heteroatoms. The van der Waals surface area contributed by atoms with Crippen LogP contribution in [0.5, 0.6) is 0 Å². The van der Waals surface area contributed by atoms with Crippen LogP contribution in [0, 0.1) is 6.92 Å². The molecular weight excluding hydrogens is 464 g/mol. The number of benzene rings is 3. The van der Waals surface area contributed by atoms with Crippen molar-refractivity contribution in [1.29, 1.82) is 0 Å². The molecule has 0 saturated carbocycles. The van der Waals surface area contributed by atoms with Crippen LogP contribution in [-0.4, -0.2) is 20.9 Å². The van der Waals surface area contributed by atoms with Gasteiger partial charge >= 0.3 is 0 Å². The molecule has 3 aromatic carbocycles. The molecule has 30 heavy (non-hydrogen) atoms. The fourth-order valence-electron chi connectivity index (χ4n) is 2.83. The Bertz CT molecular complexity index is 1090. The lowest BCUT2D eigenvalue weighted by atomic mass is 10.1. The maximum Gasteiger partial charge on any atom is 0.251 e. The van der Waals surface area contributed by atoms with Crippen molar-refractivity contribution < 1.29 is 13.2 Å². The molecule has 2 N–H and O–H groups in total. The monoisotopic (exact) mass is 486 g/mol. The molecule has 0 aliphatic rings. The smallest absolute Gasteiger partial charge is 0.251 e. The van der Waals surface area contributed by atoms with Gasteiger partial charge in [-0.2, -0.15) is 0 Å². The van der Waals surface area contributed by atoms with Crippen LogP contribution < -0.4 is 10.0 Å². The number of hydrogen-bond acceptors (Lipinski definition) is 3. The van der Waals surface area contributed by atoms with E-state index < -0.39 is 10.0 Å². The molecule has 0 fully saturated rings. The van der Waals surface area contributed by atoms with Crippen LogP contribution in [0.2, 0.25) is 0 Å². The molecule has 0 aliphatic heterocycles. The highest BCUT2D eigenvalue weighted by molar-refractivity contribution is 9.10. The zero-order valence-electron chi connectivity index (χ0n) is 16.6. The van der Waals surface area contributed by atoms with Gasteiger partial charge in [-0.3, -0.25) is 4.79 Å². The highest BCUT2D eigenvalue weighted by atomic mass is 79.9. The Labute approximate surface area is 185 Å². The highest BCUT2D eigenvalue weighted by Gasteiger charge is 2.13. The van der Waals surface area contributed by atoms with Crippen molar-refractivity contribution in [1.82, 2.24) is 10.0 Å². The minimum absolute atomic E-state index is 0.147. The molecule has 1 amide bonds. The first-order valence-electron chi connectivity index (χ1n) is 9.51. The molecule has 156 valence electrons. The van der Waals surface area contributed by atoms with Crippen LogP contribution >= 0.6 is 15.9 Å². The second-order valence-electron chi connectivity index (χ2n) is 6.97. The van der Waals surface area contributed by atoms with Gasteiger partial charge in [0, 0.05) is 23.1 Å². The van der Waals surface area contributed by atoms with Crippen molar-refractivity contribution in [3.8, 4) is 0 Å². The predicted octanol–water partition coefficient (Wildman–Crippen LogP) is 4.21. The van der Waals surface area contributed by atoms with E-state index in [2.05, 4.69) is 50.2 Å². The fraction of sp³-hybridized carbons (Fsp3) is 0.174. The lowest BCUT2D eigenvalue weighted by molar-refractivity contribution is 0.0954. The van der Waals surface area contributed by atoms with Gasteiger partial charge in [0.2, 0.25) is 10.0 Å². The minimum Gasteiger partial charge on any atom is -0.352 e. The number of carbonyl (C=O) groups excluding carboxylic acids is 1. The first kappa shape index (κ1) is 22.2. The molecule has 0 heterocycles. The van der Waals surface area contributed by atoms with Crippen LogP contribution in [-0.2, 0) is 23.0 Å². The Hall–Kier alpha value is -2.48. The summed E-state index contributed by atoms with van der Waals surface area (Å²) in [5.41, 5.74) is 3.70. The van der Waals surface area contributed by atoms with Crippen LogP contribution in [0.3, 0.4) is 0 Å². The largest absolute Gasteiger partial charge is 0.352 e. The molecule has 3 rings (SSSR count). The Morgan fingerprint density at radius 3 is 2.10 bits per heavy atom. The molecule has 5 nitrogen and oxygen atoms in total. The summed E-state index contributed by atoms with van der Waals surface area (Å²) in [4.78, 5) is 12.5. The molecule has 0 bridgehead atoms. The third-order valence-electron chi connectivity index (χ3n) is 4.63. The van der Waals surface area contributed by atoms with E-state index in [9.17, 15) is 13.2 Å². The first-order chi connectivity index (χ1) is 14.3. The second-order valence-corrected chi connectivity index (χ2v) is 9.65. The number of nitrogens with one attached hydrogen (secondary N) is 2. The SMILES string of the molecule is Cc1ccc(CCNC(=O)c2ccc(CNS(=O)(=O)c3ccc(Br)cc3)cc2)cc1. The van der Waals surface area contributed by atoms with Gasteiger partial charge in [0.15, 0.2) is 0 Å². The summed E-state index contributed by atoms with van der Waals surface area (Å²) in [6.07, 6.45) is 0.766. The van der Waals surface area contributed by atoms with Gasteiger partial charge in [-0.1, -0.05) is 57.9 Å². The van der Waals surface area contributed by atoms with E-state index in [-0.39, 0.29) is 17.3 Å². The number of hydrogen-bond donors (Lipinski definition) is 2. The van der Waals surface area contributed by atoms with Gasteiger partial charge in [0.25, 0.3) is 5.91 Å². The standard InChI is InChI=1S/C23H23BrN2O3S/c1-17-2-4-18(5-3-17)14-15-25-23(27)20-8-6-19(7-9-20)16-26-30(28,29)22-12-10-21(24)11-13-22/h2-13,26H,14-16H2,1H3,(H,25,27). The van der Waals surface area contributed by atoms with Gasteiger partial charge in [-0.25, -0.2) is 13.1 Å². The molecule has 0 aliphatic carbocycles. The van der Waals surface area contributed by atoms with Crippen molar-refractivity contribution in [3.05, 3.63) is 99.5 Å². The Kier molecular flexibility index (Phi) is 7.42. The lowest BCUT2D eigenvalue weighted by Crippen LogP contribution is -2.26. The number of rotatable bonds is 8. The molecule has 0 atom stereocenters. The van der Waals surface area contributed by atoms with Crippen LogP contribution in [0.4, 0.5) is 0 Å². The van der Waals surface area contributed by atoms with Crippen molar-refractivity contribution in [2.75, 3.05) is 6.54 Å². The number of aryl methyl sites for hydroxylation is 1. The Morgan fingerprint density at radius 1 is 0.867 bits per heavy atom. The zero-order chi connectivity index (χ0) is 21.6. The maximum atomic E-state index is 12.4. The van der Waals surface area contributed by atoms with E-state index in [0.717, 1.165) is 16.5 Å². The summed E-state index contributed by atoms with van der Waals surface area (Å²) in [6.45, 7) is 2.74. The third kappa shape index (κ3) is 6.26. The average Bonchev–Trinajstić information content (AvgIpc) is 2.74. The molecule has 0 saturated heterocycles. The highest BCUT2D eigenvalue weighted by Crippen LogP contribution is 2.15. The molecule has 0 aromatic heterocycles. The third-order valence-corrected chi connectivity index (χ3v) is 6.57. The number of carbonyl (C=O) groups is 1. The van der Waals surface area contributed by atoms with Crippen LogP contribution in [0.15, 0.2) is 82.2 Å². The van der Waals surface area contributed by atoms with E-state index in [4.69, 9.17) is 0 Å². The Morgan fingerprint density at radius 2 is 1.47 bits per heavy atom. The number of amides is 1. The molecule has 3 aromatic rings. The first-order valence-corrected chi connectivity index (χ1v) is 11.8. The summed E-state index contributed by atoms with van der Waals surface area (Å²) in [6, 6.07) is 21.6. The molecule has 0 radical (unpaired) electrons. The zero-order valence-corrected chi connectivity index (χ0v) is 19.0. The summed E-state index contributed by atoms with van der Waals surface area (Å²) in [5, 5.41) is 2.91. The summed E-state index contributed by atoms with van der Waals surface area (Å²) in [7, 11) is -3.59. The van der Waals surface area contributed by atoms with Crippen molar-refractivity contribution in [3.63, 3.8) is 0 Å². The summed E-state index contributed by atoms with van der Waals surface area (Å²) < 4.78 is 28.1. The van der Waals surface area contributed by atoms with Crippen molar-refractivity contribution in [2.45, 2.75) is 24.8 Å². The fourth-order valence-corrected chi connectivity index (χ4v) is 4.11. The predicted molar refractivity (Wildman–Crippen MR) is 122 cm³/mol. The van der Waals surface area contributed by atoms with Crippen LogP contribution in [0.25, 0.3) is 0 Å². The topological polar surface area (TPSA) is 75.3 Å². The van der Waals surface area contributed by atoms with Gasteiger partial charge in [0.1, 0.15) is 0 Å². The van der Waals surface area contributed by atoms with Gasteiger partial charge in [-0.05, 0) is 60.9 Å². The van der Waals surface area contributed by atoms with Crippen LogP contribution in [0.1, 0.15) is 27.0 Å². The summed E-state index contributed by atoms with van der Waals surface area (Å²) in [5.74, 6) is -0.149. The van der Waals surface area contributed by atoms with E-state index in [1.54, 1.807) is 36.4 Å². The molecule has 0 spiro atoms. The van der Waals surface area contributed by atoms with E-state index >= 15 is 0 Å². The van der Waals surface area contributed by atoms with E-state index in [1.807, 2.05) is 6.92 Å². The Balaban J connectivity index is 1.50. The van der Waals surface area contributed by atoms with Crippen molar-refractivity contribution >= 4 is 31.9 Å². The quantitative estimate of drug-likeness (QED) is 0.500. The minimum atomic E-state index is -3.59. The normalized spacial score (nSPS) is 11.3. The average molecular weight is 487 g/mol. The lowest BCUT2D eigenvalue weighted by Gasteiger charge is -2.09. The molecular formula is C23H23BrN2O3S. The second kappa shape index (κ2) is 10.0. The van der Waals surface area contributed by atoms with Gasteiger partial charge in [0.05, 0.1) is 4.90 Å².